The molecule has 2 aliphatic heterocycles. The average Bonchev–Trinajstić information content (AvgIpc) is 2.98. The Morgan fingerprint density at radius 1 is 0.821 bits per heavy atom. The number of methoxy groups -OCH3 is 1. The zero-order valence-electron chi connectivity index (χ0n) is 20.8. The second kappa shape index (κ2) is 11.7. The van der Waals surface area contributed by atoms with Crippen LogP contribution in [0.5, 0.6) is 0 Å². The number of nitro benzene ring substituents is 1. The van der Waals surface area contributed by atoms with Crippen molar-refractivity contribution in [2.45, 2.75) is 37.0 Å². The van der Waals surface area contributed by atoms with Gasteiger partial charge in [0, 0.05) is 24.8 Å². The maximum absolute atomic E-state index is 13.1. The van der Waals surface area contributed by atoms with Gasteiger partial charge in [-0.05, 0) is 36.4 Å². The molecule has 2 aliphatic rings. The van der Waals surface area contributed by atoms with Crippen molar-refractivity contribution in [3.05, 3.63) is 112 Å². The minimum atomic E-state index is -1.19. The molecular formula is C28H25NO10. The first-order valence-electron chi connectivity index (χ1n) is 12.2. The maximum atomic E-state index is 13.1. The van der Waals surface area contributed by atoms with Crippen LogP contribution in [-0.2, 0) is 28.4 Å². The second-order valence-electron chi connectivity index (χ2n) is 8.87. The van der Waals surface area contributed by atoms with Gasteiger partial charge in [-0.2, -0.15) is 0 Å². The SMILES string of the molecule is CO[C@H]1O[C@@H]2COC(c3ccc([N+](=O)[O-])cc3)O[C@H]2[C@H](OC(=O)c2ccccc2)[C@H]1OC(=O)c1ccccc1. The Labute approximate surface area is 223 Å². The van der Waals surface area contributed by atoms with E-state index in [1.54, 1.807) is 60.7 Å². The number of ether oxygens (including phenoxy) is 6. The van der Waals surface area contributed by atoms with E-state index < -0.39 is 53.9 Å². The van der Waals surface area contributed by atoms with Gasteiger partial charge in [0.1, 0.15) is 12.2 Å². The Morgan fingerprint density at radius 3 is 1.92 bits per heavy atom. The molecule has 202 valence electrons. The molecule has 0 spiro atoms. The van der Waals surface area contributed by atoms with Crippen LogP contribution in [0, 0.1) is 10.1 Å². The van der Waals surface area contributed by atoms with Crippen LogP contribution >= 0.6 is 0 Å². The van der Waals surface area contributed by atoms with E-state index in [1.165, 1.54) is 31.4 Å². The molecule has 3 aromatic rings. The molecule has 1 unspecified atom stereocenters. The minimum Gasteiger partial charge on any atom is -0.452 e. The standard InChI is InChI=1S/C28H25NO10/c1-34-28-24(38-26(31)18-10-6-3-7-11-18)23(37-25(30)17-8-4-2-5-9-17)22-21(36-28)16-35-27(39-22)19-12-14-20(15-13-19)29(32)33/h2-15,21-24,27-28H,16H2,1H3/t21-,22-,23+,24-,27?,28+/m1/s1. The summed E-state index contributed by atoms with van der Waals surface area (Å²) in [6, 6.07) is 22.4. The van der Waals surface area contributed by atoms with Gasteiger partial charge in [0.05, 0.1) is 22.7 Å². The molecule has 5 rings (SSSR count). The van der Waals surface area contributed by atoms with Gasteiger partial charge >= 0.3 is 11.9 Å². The highest BCUT2D eigenvalue weighted by Crippen LogP contribution is 2.37. The van der Waals surface area contributed by atoms with E-state index in [9.17, 15) is 19.7 Å². The van der Waals surface area contributed by atoms with E-state index in [0.29, 0.717) is 16.7 Å². The third-order valence-corrected chi connectivity index (χ3v) is 6.40. The number of hydrogen-bond donors (Lipinski definition) is 0. The summed E-state index contributed by atoms with van der Waals surface area (Å²) in [5.74, 6) is -1.32. The predicted octanol–water partition coefficient (Wildman–Crippen LogP) is 3.83. The van der Waals surface area contributed by atoms with Gasteiger partial charge in [0.2, 0.25) is 0 Å². The summed E-state index contributed by atoms with van der Waals surface area (Å²) >= 11 is 0. The van der Waals surface area contributed by atoms with E-state index in [2.05, 4.69) is 0 Å². The number of nitro groups is 1. The van der Waals surface area contributed by atoms with Crippen molar-refractivity contribution in [3.8, 4) is 0 Å². The second-order valence-corrected chi connectivity index (χ2v) is 8.87. The minimum absolute atomic E-state index is 0.0327. The molecule has 6 atom stereocenters. The van der Waals surface area contributed by atoms with Crippen LogP contribution in [0.15, 0.2) is 84.9 Å². The lowest BCUT2D eigenvalue weighted by molar-refractivity contribution is -0.385. The van der Waals surface area contributed by atoms with Gasteiger partial charge in [-0.3, -0.25) is 10.1 Å². The van der Waals surface area contributed by atoms with Crippen molar-refractivity contribution in [3.63, 3.8) is 0 Å². The quantitative estimate of drug-likeness (QED) is 0.250. The largest absolute Gasteiger partial charge is 0.452 e. The summed E-state index contributed by atoms with van der Waals surface area (Å²) in [7, 11) is 1.38. The number of non-ortho nitro benzene ring substituents is 1. The molecule has 0 radical (unpaired) electrons. The number of fused-ring (bicyclic) bond motifs is 1. The van der Waals surface area contributed by atoms with E-state index in [4.69, 9.17) is 28.4 Å². The number of carbonyl (C=O) groups excluding carboxylic acids is 2. The van der Waals surface area contributed by atoms with Crippen LogP contribution in [0.2, 0.25) is 0 Å². The van der Waals surface area contributed by atoms with Crippen molar-refractivity contribution >= 4 is 17.6 Å². The Bertz CT molecular complexity index is 1300. The smallest absolute Gasteiger partial charge is 0.338 e. The van der Waals surface area contributed by atoms with Crippen molar-refractivity contribution in [1.82, 2.24) is 0 Å². The highest BCUT2D eigenvalue weighted by molar-refractivity contribution is 5.90. The number of rotatable bonds is 7. The zero-order chi connectivity index (χ0) is 27.4. The summed E-state index contributed by atoms with van der Waals surface area (Å²) in [4.78, 5) is 36.7. The number of hydrogen-bond acceptors (Lipinski definition) is 10. The first-order chi connectivity index (χ1) is 18.9. The first-order valence-corrected chi connectivity index (χ1v) is 12.2. The first kappa shape index (κ1) is 26.4. The van der Waals surface area contributed by atoms with Gasteiger partial charge in [-0.1, -0.05) is 36.4 Å². The molecule has 0 amide bonds. The molecule has 11 nitrogen and oxygen atoms in total. The number of esters is 2. The molecule has 2 heterocycles. The Balaban J connectivity index is 1.45. The number of nitrogens with zero attached hydrogens (tertiary/aromatic N) is 1. The van der Waals surface area contributed by atoms with Crippen LogP contribution in [-0.4, -0.2) is 61.3 Å². The lowest BCUT2D eigenvalue weighted by Crippen LogP contribution is -2.64. The van der Waals surface area contributed by atoms with Crippen LogP contribution in [0.4, 0.5) is 5.69 Å². The summed E-state index contributed by atoms with van der Waals surface area (Å²) in [6.07, 6.45) is -6.02. The zero-order valence-corrected chi connectivity index (χ0v) is 20.8. The molecule has 0 aromatic heterocycles. The highest BCUT2D eigenvalue weighted by atomic mass is 16.8. The fourth-order valence-corrected chi connectivity index (χ4v) is 4.45. The predicted molar refractivity (Wildman–Crippen MR) is 134 cm³/mol. The molecule has 0 bridgehead atoms. The number of benzene rings is 3. The summed E-state index contributed by atoms with van der Waals surface area (Å²) in [6.45, 7) is 0.0327. The summed E-state index contributed by atoms with van der Waals surface area (Å²) < 4.78 is 35.2. The molecule has 0 aliphatic carbocycles. The van der Waals surface area contributed by atoms with E-state index >= 15 is 0 Å². The normalized spacial score (nSPS) is 26.2. The van der Waals surface area contributed by atoms with Gasteiger partial charge in [0.15, 0.2) is 24.8 Å². The maximum Gasteiger partial charge on any atom is 0.338 e. The molecule has 11 heteroatoms. The monoisotopic (exact) mass is 535 g/mol. The van der Waals surface area contributed by atoms with Crippen LogP contribution in [0.3, 0.4) is 0 Å². The molecule has 2 fully saturated rings. The van der Waals surface area contributed by atoms with Gasteiger partial charge in [-0.15, -0.1) is 0 Å². The summed E-state index contributed by atoms with van der Waals surface area (Å²) in [5, 5.41) is 11.0. The van der Waals surface area contributed by atoms with E-state index in [1.807, 2.05) is 0 Å². The average molecular weight is 536 g/mol. The van der Waals surface area contributed by atoms with Gasteiger partial charge in [-0.25, -0.2) is 9.59 Å². The Morgan fingerprint density at radius 2 is 1.38 bits per heavy atom. The third kappa shape index (κ3) is 5.81. The molecular weight excluding hydrogens is 510 g/mol. The van der Waals surface area contributed by atoms with Gasteiger partial charge < -0.3 is 28.4 Å². The topological polar surface area (TPSA) is 133 Å². The van der Waals surface area contributed by atoms with Crippen LogP contribution in [0.25, 0.3) is 0 Å². The lowest BCUT2D eigenvalue weighted by Gasteiger charge is -2.47. The molecule has 3 aromatic carbocycles. The molecule has 0 saturated carbocycles. The van der Waals surface area contributed by atoms with E-state index in [0.717, 1.165) is 0 Å². The molecule has 0 N–H and O–H groups in total. The fraction of sp³-hybridized carbons (Fsp3) is 0.286. The van der Waals surface area contributed by atoms with Crippen molar-refractivity contribution in [2.24, 2.45) is 0 Å². The van der Waals surface area contributed by atoms with Crippen LogP contribution in [0.1, 0.15) is 32.6 Å². The summed E-state index contributed by atoms with van der Waals surface area (Å²) in [5.41, 5.74) is 1.01. The Kier molecular flexibility index (Phi) is 7.94. The molecule has 39 heavy (non-hydrogen) atoms. The number of carbonyl (C=O) groups is 2. The van der Waals surface area contributed by atoms with Crippen LogP contribution < -0.4 is 0 Å². The molecule has 2 saturated heterocycles. The van der Waals surface area contributed by atoms with Crippen molar-refractivity contribution in [2.75, 3.05) is 13.7 Å². The third-order valence-electron chi connectivity index (χ3n) is 6.40. The fourth-order valence-electron chi connectivity index (χ4n) is 4.45. The van der Waals surface area contributed by atoms with E-state index in [-0.39, 0.29) is 12.3 Å². The highest BCUT2D eigenvalue weighted by Gasteiger charge is 2.54. The van der Waals surface area contributed by atoms with Gasteiger partial charge in [0.25, 0.3) is 5.69 Å². The Hall–Kier alpha value is -4.16. The van der Waals surface area contributed by atoms with Crippen molar-refractivity contribution in [1.29, 1.82) is 0 Å². The lowest BCUT2D eigenvalue weighted by atomic mass is 9.97. The van der Waals surface area contributed by atoms with Crippen molar-refractivity contribution < 1.29 is 42.9 Å².